The molecular weight excluding hydrogens is 200 g/mol. The van der Waals surface area contributed by atoms with Crippen LogP contribution in [0.15, 0.2) is 0 Å². The Kier molecular flexibility index (Phi) is 9.30. The minimum Gasteiger partial charge on any atom is -0.343 e. The zero-order valence-corrected chi connectivity index (χ0v) is 11.2. The summed E-state index contributed by atoms with van der Waals surface area (Å²) in [5, 5.41) is 0. The van der Waals surface area contributed by atoms with Crippen LogP contribution >= 0.6 is 0 Å². The molecule has 0 aromatic heterocycles. The van der Waals surface area contributed by atoms with Crippen LogP contribution in [0.2, 0.25) is 0 Å². The Balaban J connectivity index is 4.28. The number of hydrogen-bond acceptors (Lipinski definition) is 2. The van der Waals surface area contributed by atoms with Crippen molar-refractivity contribution >= 4 is 5.91 Å². The summed E-state index contributed by atoms with van der Waals surface area (Å²) >= 11 is 0. The fraction of sp³-hybridized carbons (Fsp3) is 0.923. The standard InChI is InChI=1S/C13H28N2O/c1-4-7-9-12(10-8-11-14)13(16)15(5-2)6-3/h12H,4-11,14H2,1-3H3. The van der Waals surface area contributed by atoms with Gasteiger partial charge in [0.05, 0.1) is 0 Å². The molecule has 3 nitrogen and oxygen atoms in total. The Morgan fingerprint density at radius 3 is 2.12 bits per heavy atom. The van der Waals surface area contributed by atoms with Gasteiger partial charge in [-0.15, -0.1) is 0 Å². The molecule has 0 saturated carbocycles. The van der Waals surface area contributed by atoms with E-state index in [1.165, 1.54) is 0 Å². The van der Waals surface area contributed by atoms with Gasteiger partial charge in [0.15, 0.2) is 0 Å². The predicted molar refractivity (Wildman–Crippen MR) is 69.2 cm³/mol. The van der Waals surface area contributed by atoms with Crippen molar-refractivity contribution in [1.29, 1.82) is 0 Å². The third-order valence-corrected chi connectivity index (χ3v) is 3.09. The second-order valence-corrected chi connectivity index (χ2v) is 4.28. The van der Waals surface area contributed by atoms with Crippen LogP contribution in [0.3, 0.4) is 0 Å². The van der Waals surface area contributed by atoms with Crippen molar-refractivity contribution in [2.24, 2.45) is 11.7 Å². The first-order valence-corrected chi connectivity index (χ1v) is 6.69. The van der Waals surface area contributed by atoms with Crippen molar-refractivity contribution in [3.05, 3.63) is 0 Å². The van der Waals surface area contributed by atoms with Crippen LogP contribution in [0.5, 0.6) is 0 Å². The van der Waals surface area contributed by atoms with Crippen LogP contribution in [-0.2, 0) is 4.79 Å². The van der Waals surface area contributed by atoms with Gasteiger partial charge in [0.25, 0.3) is 0 Å². The van der Waals surface area contributed by atoms with Gasteiger partial charge in [-0.2, -0.15) is 0 Å². The number of hydrogen-bond donors (Lipinski definition) is 1. The topological polar surface area (TPSA) is 46.3 Å². The summed E-state index contributed by atoms with van der Waals surface area (Å²) in [5.41, 5.74) is 5.52. The Bertz CT molecular complexity index is 171. The lowest BCUT2D eigenvalue weighted by Gasteiger charge is -2.25. The van der Waals surface area contributed by atoms with Gasteiger partial charge in [0, 0.05) is 19.0 Å². The van der Waals surface area contributed by atoms with Crippen molar-refractivity contribution in [1.82, 2.24) is 4.90 Å². The van der Waals surface area contributed by atoms with Crippen LogP contribution in [0.1, 0.15) is 52.9 Å². The molecule has 0 aromatic rings. The van der Waals surface area contributed by atoms with Gasteiger partial charge in [-0.25, -0.2) is 0 Å². The summed E-state index contributed by atoms with van der Waals surface area (Å²) in [5.74, 6) is 0.523. The van der Waals surface area contributed by atoms with Crippen molar-refractivity contribution < 1.29 is 4.79 Å². The number of carbonyl (C=O) groups excluding carboxylic acids is 1. The molecule has 0 heterocycles. The molecule has 0 radical (unpaired) electrons. The summed E-state index contributed by atoms with van der Waals surface area (Å²) in [6.07, 6.45) is 5.23. The first kappa shape index (κ1) is 15.4. The minimum absolute atomic E-state index is 0.198. The van der Waals surface area contributed by atoms with Crippen LogP contribution in [0, 0.1) is 5.92 Å². The maximum Gasteiger partial charge on any atom is 0.225 e. The normalized spacial score (nSPS) is 12.5. The lowest BCUT2D eigenvalue weighted by molar-refractivity contribution is -0.135. The second kappa shape index (κ2) is 9.64. The summed E-state index contributed by atoms with van der Waals surface area (Å²) < 4.78 is 0. The quantitative estimate of drug-likeness (QED) is 0.658. The van der Waals surface area contributed by atoms with Gasteiger partial charge in [0.1, 0.15) is 0 Å². The van der Waals surface area contributed by atoms with Crippen molar-refractivity contribution in [3.63, 3.8) is 0 Å². The molecule has 1 atom stereocenters. The Labute approximate surface area is 100 Å². The molecule has 0 fully saturated rings. The molecule has 0 spiro atoms. The van der Waals surface area contributed by atoms with Crippen molar-refractivity contribution in [2.45, 2.75) is 52.9 Å². The molecule has 1 amide bonds. The number of amides is 1. The first-order chi connectivity index (χ1) is 7.71. The molecule has 0 saturated heterocycles. The zero-order chi connectivity index (χ0) is 12.4. The second-order valence-electron chi connectivity index (χ2n) is 4.28. The van der Waals surface area contributed by atoms with Crippen molar-refractivity contribution in [3.8, 4) is 0 Å². The molecule has 3 heteroatoms. The fourth-order valence-electron chi connectivity index (χ4n) is 2.00. The van der Waals surface area contributed by atoms with Crippen LogP contribution in [0.4, 0.5) is 0 Å². The molecule has 1 unspecified atom stereocenters. The van der Waals surface area contributed by atoms with E-state index in [0.717, 1.165) is 45.2 Å². The Morgan fingerprint density at radius 2 is 1.69 bits per heavy atom. The van der Waals surface area contributed by atoms with Crippen LogP contribution in [0.25, 0.3) is 0 Å². The van der Waals surface area contributed by atoms with E-state index in [-0.39, 0.29) is 5.92 Å². The van der Waals surface area contributed by atoms with E-state index >= 15 is 0 Å². The molecule has 0 aliphatic carbocycles. The molecule has 96 valence electrons. The molecule has 0 aromatic carbocycles. The van der Waals surface area contributed by atoms with Gasteiger partial charge < -0.3 is 10.6 Å². The number of nitrogens with zero attached hydrogens (tertiary/aromatic N) is 1. The van der Waals surface area contributed by atoms with E-state index < -0.39 is 0 Å². The lowest BCUT2D eigenvalue weighted by Crippen LogP contribution is -2.36. The van der Waals surface area contributed by atoms with Crippen molar-refractivity contribution in [2.75, 3.05) is 19.6 Å². The Morgan fingerprint density at radius 1 is 1.12 bits per heavy atom. The number of rotatable bonds is 9. The summed E-state index contributed by atoms with van der Waals surface area (Å²) in [6.45, 7) is 8.58. The average Bonchev–Trinajstić information content (AvgIpc) is 2.30. The molecule has 0 bridgehead atoms. The van der Waals surface area contributed by atoms with Gasteiger partial charge in [0.2, 0.25) is 5.91 Å². The fourth-order valence-corrected chi connectivity index (χ4v) is 2.00. The number of carbonyl (C=O) groups is 1. The van der Waals surface area contributed by atoms with Gasteiger partial charge in [-0.3, -0.25) is 4.79 Å². The van der Waals surface area contributed by atoms with E-state index in [2.05, 4.69) is 6.92 Å². The van der Waals surface area contributed by atoms with E-state index in [1.807, 2.05) is 18.7 Å². The van der Waals surface area contributed by atoms with Gasteiger partial charge in [-0.1, -0.05) is 19.8 Å². The highest BCUT2D eigenvalue weighted by Gasteiger charge is 2.21. The molecule has 0 aliphatic heterocycles. The minimum atomic E-state index is 0.198. The Hall–Kier alpha value is -0.570. The highest BCUT2D eigenvalue weighted by molar-refractivity contribution is 5.78. The highest BCUT2D eigenvalue weighted by Crippen LogP contribution is 2.17. The highest BCUT2D eigenvalue weighted by atomic mass is 16.2. The van der Waals surface area contributed by atoms with Crippen LogP contribution < -0.4 is 5.73 Å². The van der Waals surface area contributed by atoms with E-state index in [1.54, 1.807) is 0 Å². The molecular formula is C13H28N2O. The lowest BCUT2D eigenvalue weighted by atomic mass is 9.95. The number of nitrogens with two attached hydrogens (primary N) is 1. The van der Waals surface area contributed by atoms with E-state index in [4.69, 9.17) is 5.73 Å². The first-order valence-electron chi connectivity index (χ1n) is 6.69. The zero-order valence-electron chi connectivity index (χ0n) is 11.2. The summed E-state index contributed by atoms with van der Waals surface area (Å²) in [7, 11) is 0. The maximum absolute atomic E-state index is 12.2. The van der Waals surface area contributed by atoms with E-state index in [0.29, 0.717) is 12.5 Å². The maximum atomic E-state index is 12.2. The summed E-state index contributed by atoms with van der Waals surface area (Å²) in [6, 6.07) is 0. The number of unbranched alkanes of at least 4 members (excludes halogenated alkanes) is 1. The smallest absolute Gasteiger partial charge is 0.225 e. The largest absolute Gasteiger partial charge is 0.343 e. The third-order valence-electron chi connectivity index (χ3n) is 3.09. The molecule has 0 rings (SSSR count). The van der Waals surface area contributed by atoms with E-state index in [9.17, 15) is 4.79 Å². The molecule has 2 N–H and O–H groups in total. The summed E-state index contributed by atoms with van der Waals surface area (Å²) in [4.78, 5) is 14.1. The average molecular weight is 228 g/mol. The van der Waals surface area contributed by atoms with Gasteiger partial charge >= 0.3 is 0 Å². The molecule has 0 aliphatic rings. The third kappa shape index (κ3) is 5.50. The van der Waals surface area contributed by atoms with Crippen LogP contribution in [-0.4, -0.2) is 30.4 Å². The van der Waals surface area contributed by atoms with Gasteiger partial charge in [-0.05, 0) is 39.7 Å². The monoisotopic (exact) mass is 228 g/mol. The SMILES string of the molecule is CCCCC(CCCN)C(=O)N(CC)CC. The molecule has 16 heavy (non-hydrogen) atoms. The predicted octanol–water partition coefficient (Wildman–Crippen LogP) is 2.40.